The van der Waals surface area contributed by atoms with Crippen LogP contribution in [0.4, 0.5) is 5.69 Å². The third-order valence-corrected chi connectivity index (χ3v) is 3.17. The van der Waals surface area contributed by atoms with Crippen LogP contribution in [0.2, 0.25) is 5.02 Å². The molecule has 0 aliphatic rings. The number of aliphatic hydroxyl groups excluding tert-OH is 1. The van der Waals surface area contributed by atoms with Crippen LogP contribution in [0.15, 0.2) is 42.5 Å². The molecule has 0 aromatic heterocycles. The van der Waals surface area contributed by atoms with Gasteiger partial charge in [0.05, 0.1) is 16.6 Å². The predicted molar refractivity (Wildman–Crippen MR) is 79.7 cm³/mol. The number of hydrogen-bond acceptors (Lipinski definition) is 5. The molecule has 0 fully saturated rings. The molecule has 2 aromatic carbocycles. The molecule has 2 rings (SSSR count). The van der Waals surface area contributed by atoms with E-state index in [1.807, 2.05) is 6.07 Å². The van der Waals surface area contributed by atoms with Crippen LogP contribution >= 0.6 is 11.6 Å². The van der Waals surface area contributed by atoms with Gasteiger partial charge in [0, 0.05) is 17.2 Å². The Labute approximate surface area is 131 Å². The highest BCUT2D eigenvalue weighted by molar-refractivity contribution is 6.30. The first kappa shape index (κ1) is 15.8. The molecule has 0 spiro atoms. The zero-order chi connectivity index (χ0) is 16.1. The summed E-state index contributed by atoms with van der Waals surface area (Å²) in [7, 11) is 0. The minimum absolute atomic E-state index is 0.00908. The highest BCUT2D eigenvalue weighted by atomic mass is 35.5. The quantitative estimate of drug-likeness (QED) is 0.674. The first-order valence-electron chi connectivity index (χ1n) is 6.26. The Balaban J connectivity index is 2.10. The Morgan fingerprint density at radius 1 is 1.32 bits per heavy atom. The van der Waals surface area contributed by atoms with Crippen LogP contribution in [0.25, 0.3) is 0 Å². The van der Waals surface area contributed by atoms with E-state index < -0.39 is 11.0 Å². The predicted octanol–water partition coefficient (Wildman–Crippen LogP) is 3.23. The van der Waals surface area contributed by atoms with Crippen molar-refractivity contribution >= 4 is 17.3 Å². The fourth-order valence-electron chi connectivity index (χ4n) is 1.80. The van der Waals surface area contributed by atoms with Gasteiger partial charge in [0.15, 0.2) is 5.75 Å². The van der Waals surface area contributed by atoms with E-state index in [9.17, 15) is 15.2 Å². The molecule has 22 heavy (non-hydrogen) atoms. The van der Waals surface area contributed by atoms with Gasteiger partial charge in [0.2, 0.25) is 0 Å². The number of nitro groups is 1. The molecule has 2 aromatic rings. The molecule has 1 atom stereocenters. The second-order valence-electron chi connectivity index (χ2n) is 4.43. The van der Waals surface area contributed by atoms with E-state index in [0.717, 1.165) is 0 Å². The molecule has 0 aliphatic heterocycles. The van der Waals surface area contributed by atoms with Crippen molar-refractivity contribution in [1.82, 2.24) is 0 Å². The number of nitriles is 1. The van der Waals surface area contributed by atoms with Crippen LogP contribution < -0.4 is 4.74 Å². The Bertz CT molecular complexity index is 725. The summed E-state index contributed by atoms with van der Waals surface area (Å²) in [4.78, 5) is 10.3. The highest BCUT2D eigenvalue weighted by Gasteiger charge is 2.17. The van der Waals surface area contributed by atoms with Gasteiger partial charge >= 0.3 is 5.69 Å². The third-order valence-electron chi connectivity index (χ3n) is 2.94. The molecule has 0 saturated heterocycles. The molecule has 0 saturated carbocycles. The number of rotatable bonds is 5. The Hall–Kier alpha value is -2.62. The molecule has 0 amide bonds. The number of hydrogen-bond donors (Lipinski definition) is 1. The van der Waals surface area contributed by atoms with E-state index in [2.05, 4.69) is 0 Å². The van der Waals surface area contributed by atoms with Crippen LogP contribution in [0.5, 0.6) is 5.75 Å². The van der Waals surface area contributed by atoms with Crippen LogP contribution in [-0.4, -0.2) is 16.6 Å². The second kappa shape index (κ2) is 6.89. The van der Waals surface area contributed by atoms with E-state index in [1.54, 1.807) is 24.3 Å². The van der Waals surface area contributed by atoms with E-state index in [4.69, 9.17) is 21.6 Å². The van der Waals surface area contributed by atoms with Crippen LogP contribution in [0.3, 0.4) is 0 Å². The average Bonchev–Trinajstić information content (AvgIpc) is 2.52. The van der Waals surface area contributed by atoms with Gasteiger partial charge in [-0.2, -0.15) is 5.26 Å². The van der Waals surface area contributed by atoms with Crippen molar-refractivity contribution < 1.29 is 14.8 Å². The van der Waals surface area contributed by atoms with Gasteiger partial charge in [0.1, 0.15) is 12.7 Å². The SMILES string of the molecule is N#Cc1ccc(C(O)COc2cc(Cl)ccc2[N+](=O)[O-])cc1. The zero-order valence-corrected chi connectivity index (χ0v) is 12.0. The maximum atomic E-state index is 10.9. The first-order valence-corrected chi connectivity index (χ1v) is 6.64. The average molecular weight is 319 g/mol. The fraction of sp³-hybridized carbons (Fsp3) is 0.133. The molecule has 1 unspecified atom stereocenters. The van der Waals surface area contributed by atoms with Gasteiger partial charge in [-0.3, -0.25) is 10.1 Å². The lowest BCUT2D eigenvalue weighted by atomic mass is 10.1. The van der Waals surface area contributed by atoms with Gasteiger partial charge in [-0.15, -0.1) is 0 Å². The summed E-state index contributed by atoms with van der Waals surface area (Å²) in [5.74, 6) is -0.00908. The van der Waals surface area contributed by atoms with Crippen molar-refractivity contribution in [1.29, 1.82) is 5.26 Å². The summed E-state index contributed by atoms with van der Waals surface area (Å²) in [6.45, 7) is -0.174. The number of nitrogens with zero attached hydrogens (tertiary/aromatic N) is 2. The van der Waals surface area contributed by atoms with Crippen LogP contribution in [-0.2, 0) is 0 Å². The van der Waals surface area contributed by atoms with Crippen LogP contribution in [0.1, 0.15) is 17.2 Å². The van der Waals surface area contributed by atoms with Gasteiger partial charge in [-0.1, -0.05) is 23.7 Å². The van der Waals surface area contributed by atoms with E-state index in [1.165, 1.54) is 18.2 Å². The summed E-state index contributed by atoms with van der Waals surface area (Å²) in [5, 5.41) is 30.0. The number of nitro benzene ring substituents is 1. The largest absolute Gasteiger partial charge is 0.484 e. The van der Waals surface area contributed by atoms with Gasteiger partial charge in [0.25, 0.3) is 0 Å². The maximum absolute atomic E-state index is 10.9. The van der Waals surface area contributed by atoms with Gasteiger partial charge < -0.3 is 9.84 Å². The number of benzene rings is 2. The third kappa shape index (κ3) is 3.73. The van der Waals surface area contributed by atoms with Crippen molar-refractivity contribution in [3.05, 3.63) is 68.7 Å². The van der Waals surface area contributed by atoms with Crippen molar-refractivity contribution in [2.75, 3.05) is 6.61 Å². The molecule has 6 nitrogen and oxygen atoms in total. The molecule has 0 bridgehead atoms. The lowest BCUT2D eigenvalue weighted by molar-refractivity contribution is -0.385. The molecule has 0 heterocycles. The summed E-state index contributed by atoms with van der Waals surface area (Å²) in [6, 6.07) is 12.3. The van der Waals surface area contributed by atoms with Crippen molar-refractivity contribution in [3.63, 3.8) is 0 Å². The molecule has 7 heteroatoms. The molecule has 0 radical (unpaired) electrons. The summed E-state index contributed by atoms with van der Waals surface area (Å²) in [6.07, 6.45) is -0.980. The molecule has 1 N–H and O–H groups in total. The maximum Gasteiger partial charge on any atom is 0.311 e. The Morgan fingerprint density at radius 3 is 2.59 bits per heavy atom. The monoisotopic (exact) mass is 318 g/mol. The van der Waals surface area contributed by atoms with Crippen LogP contribution in [0, 0.1) is 21.4 Å². The minimum atomic E-state index is -0.980. The van der Waals surface area contributed by atoms with Crippen molar-refractivity contribution in [2.24, 2.45) is 0 Å². The smallest absolute Gasteiger partial charge is 0.311 e. The Morgan fingerprint density at radius 2 is 2.00 bits per heavy atom. The normalized spacial score (nSPS) is 11.5. The number of halogens is 1. The first-order chi connectivity index (χ1) is 10.5. The fourth-order valence-corrected chi connectivity index (χ4v) is 1.96. The van der Waals surface area contributed by atoms with Crippen molar-refractivity contribution in [3.8, 4) is 11.8 Å². The molecular weight excluding hydrogens is 308 g/mol. The van der Waals surface area contributed by atoms with Gasteiger partial charge in [-0.25, -0.2) is 0 Å². The minimum Gasteiger partial charge on any atom is -0.484 e. The molecular formula is C15H11ClN2O4. The lowest BCUT2D eigenvalue weighted by Gasteiger charge is -2.13. The summed E-state index contributed by atoms with van der Waals surface area (Å²) in [5.41, 5.74) is 0.794. The van der Waals surface area contributed by atoms with E-state index in [-0.39, 0.29) is 18.0 Å². The molecule has 112 valence electrons. The zero-order valence-electron chi connectivity index (χ0n) is 11.3. The number of aliphatic hydroxyl groups is 1. The van der Waals surface area contributed by atoms with E-state index in [0.29, 0.717) is 16.1 Å². The molecule has 0 aliphatic carbocycles. The lowest BCUT2D eigenvalue weighted by Crippen LogP contribution is -2.10. The second-order valence-corrected chi connectivity index (χ2v) is 4.87. The topological polar surface area (TPSA) is 96.4 Å². The standard InChI is InChI=1S/C15H11ClN2O4/c16-12-5-6-13(18(20)21)15(7-12)22-9-14(19)11-3-1-10(8-17)2-4-11/h1-7,14,19H,9H2. The Kier molecular flexibility index (Phi) is 4.94. The van der Waals surface area contributed by atoms with Crippen molar-refractivity contribution in [2.45, 2.75) is 6.10 Å². The summed E-state index contributed by atoms with van der Waals surface area (Å²) < 4.78 is 5.31. The summed E-state index contributed by atoms with van der Waals surface area (Å²) >= 11 is 5.79. The van der Waals surface area contributed by atoms with E-state index >= 15 is 0 Å². The van der Waals surface area contributed by atoms with Gasteiger partial charge in [-0.05, 0) is 23.8 Å². The number of ether oxygens (including phenoxy) is 1. The highest BCUT2D eigenvalue weighted by Crippen LogP contribution is 2.30.